The second kappa shape index (κ2) is 5.55. The van der Waals surface area contributed by atoms with E-state index in [-0.39, 0.29) is 12.4 Å². The summed E-state index contributed by atoms with van der Waals surface area (Å²) in [6.45, 7) is 2.19. The van der Waals surface area contributed by atoms with Gasteiger partial charge in [-0.25, -0.2) is 0 Å². The van der Waals surface area contributed by atoms with Crippen LogP contribution in [-0.4, -0.2) is 31.2 Å². The van der Waals surface area contributed by atoms with Crippen molar-refractivity contribution in [3.05, 3.63) is 36.5 Å². The van der Waals surface area contributed by atoms with Gasteiger partial charge in [0.25, 0.3) is 0 Å². The number of para-hydroxylation sites is 1. The van der Waals surface area contributed by atoms with Crippen molar-refractivity contribution in [2.45, 2.75) is 12.5 Å². The number of hydrogen-bond donors (Lipinski definition) is 1. The fraction of sp³-hybridized carbons (Fsp3) is 0.357. The van der Waals surface area contributed by atoms with Gasteiger partial charge in [0, 0.05) is 25.0 Å². The van der Waals surface area contributed by atoms with Crippen LogP contribution in [0.4, 0.5) is 5.69 Å². The van der Waals surface area contributed by atoms with Crippen LogP contribution >= 0.6 is 12.4 Å². The minimum Gasteiger partial charge on any atom is -0.369 e. The first-order valence-electron chi connectivity index (χ1n) is 6.13. The van der Waals surface area contributed by atoms with Crippen molar-refractivity contribution in [3.63, 3.8) is 0 Å². The van der Waals surface area contributed by atoms with E-state index in [0.717, 1.165) is 18.6 Å². The molecule has 1 N–H and O–H groups in total. The number of aromatic nitrogens is 1. The number of fused-ring (bicyclic) bond motifs is 1. The second-order valence-corrected chi connectivity index (χ2v) is 4.64. The minimum absolute atomic E-state index is 0. The lowest BCUT2D eigenvalue weighted by Gasteiger charge is -2.25. The van der Waals surface area contributed by atoms with E-state index in [4.69, 9.17) is 0 Å². The zero-order valence-corrected chi connectivity index (χ0v) is 11.3. The van der Waals surface area contributed by atoms with Gasteiger partial charge in [0.05, 0.1) is 17.4 Å². The van der Waals surface area contributed by atoms with Gasteiger partial charge in [-0.05, 0) is 25.1 Å². The van der Waals surface area contributed by atoms with E-state index in [1.54, 1.807) is 0 Å². The molecule has 1 atom stereocenters. The van der Waals surface area contributed by atoms with E-state index in [1.807, 2.05) is 12.3 Å². The molecule has 18 heavy (non-hydrogen) atoms. The molecule has 0 bridgehead atoms. The van der Waals surface area contributed by atoms with Crippen LogP contribution in [0.1, 0.15) is 6.42 Å². The number of nitrogens with zero attached hydrogens (tertiary/aromatic N) is 2. The van der Waals surface area contributed by atoms with Gasteiger partial charge in [-0.1, -0.05) is 18.2 Å². The van der Waals surface area contributed by atoms with E-state index in [9.17, 15) is 0 Å². The Bertz CT molecular complexity index is 523. The summed E-state index contributed by atoms with van der Waals surface area (Å²) in [6.07, 6.45) is 3.18. The summed E-state index contributed by atoms with van der Waals surface area (Å²) in [7, 11) is 2.16. The number of nitrogens with one attached hydrogen (secondary N) is 1. The summed E-state index contributed by atoms with van der Waals surface area (Å²) in [5.41, 5.74) is 2.27. The molecule has 1 aliphatic heterocycles. The van der Waals surface area contributed by atoms with Crippen molar-refractivity contribution in [2.75, 3.05) is 25.0 Å². The van der Waals surface area contributed by atoms with Crippen molar-refractivity contribution in [1.82, 2.24) is 10.3 Å². The van der Waals surface area contributed by atoms with Gasteiger partial charge in [-0.3, -0.25) is 4.98 Å². The maximum absolute atomic E-state index is 4.51. The molecule has 0 amide bonds. The van der Waals surface area contributed by atoms with Gasteiger partial charge in [0.15, 0.2) is 0 Å². The molecular weight excluding hydrogens is 246 g/mol. The number of likely N-dealkylation sites (N-methyl/N-ethyl adjacent to an activating group) is 1. The third kappa shape index (κ3) is 2.42. The average molecular weight is 264 g/mol. The molecule has 2 aromatic rings. The van der Waals surface area contributed by atoms with Gasteiger partial charge < -0.3 is 10.2 Å². The molecular formula is C14H18ClN3. The first-order valence-corrected chi connectivity index (χ1v) is 6.13. The third-order valence-electron chi connectivity index (χ3n) is 3.57. The smallest absolute Gasteiger partial charge is 0.0703 e. The molecule has 0 aliphatic carbocycles. The molecule has 1 aliphatic rings. The van der Waals surface area contributed by atoms with Gasteiger partial charge in [-0.15, -0.1) is 12.4 Å². The quantitative estimate of drug-likeness (QED) is 0.902. The normalized spacial score (nSPS) is 18.6. The van der Waals surface area contributed by atoms with E-state index >= 15 is 0 Å². The largest absolute Gasteiger partial charge is 0.369 e. The molecule has 1 saturated heterocycles. The summed E-state index contributed by atoms with van der Waals surface area (Å²) in [6, 6.07) is 11.1. The summed E-state index contributed by atoms with van der Waals surface area (Å²) >= 11 is 0. The monoisotopic (exact) mass is 263 g/mol. The van der Waals surface area contributed by atoms with Crippen LogP contribution < -0.4 is 10.2 Å². The van der Waals surface area contributed by atoms with Gasteiger partial charge in [-0.2, -0.15) is 0 Å². The molecule has 0 saturated carbocycles. The van der Waals surface area contributed by atoms with Crippen LogP contribution in [0.5, 0.6) is 0 Å². The lowest BCUT2D eigenvalue weighted by Crippen LogP contribution is -2.33. The molecule has 96 valence electrons. The zero-order valence-electron chi connectivity index (χ0n) is 10.5. The number of rotatable bonds is 2. The molecule has 2 heterocycles. The maximum atomic E-state index is 4.51. The van der Waals surface area contributed by atoms with Crippen molar-refractivity contribution >= 4 is 29.0 Å². The Kier molecular flexibility index (Phi) is 4.04. The average Bonchev–Trinajstić information content (AvgIpc) is 2.91. The zero-order chi connectivity index (χ0) is 11.7. The Morgan fingerprint density at radius 1 is 1.33 bits per heavy atom. The van der Waals surface area contributed by atoms with E-state index in [2.05, 4.69) is 46.5 Å². The molecule has 3 rings (SSSR count). The fourth-order valence-electron chi connectivity index (χ4n) is 2.43. The predicted molar refractivity (Wildman–Crippen MR) is 78.7 cm³/mol. The van der Waals surface area contributed by atoms with Crippen molar-refractivity contribution < 1.29 is 0 Å². The van der Waals surface area contributed by atoms with Gasteiger partial charge in [0.2, 0.25) is 0 Å². The number of hydrogen-bond acceptors (Lipinski definition) is 3. The highest BCUT2D eigenvalue weighted by Gasteiger charge is 2.19. The molecule has 0 radical (unpaired) electrons. The van der Waals surface area contributed by atoms with Gasteiger partial charge >= 0.3 is 0 Å². The Morgan fingerprint density at radius 2 is 2.17 bits per heavy atom. The molecule has 4 heteroatoms. The first-order chi connectivity index (χ1) is 8.34. The topological polar surface area (TPSA) is 28.2 Å². The molecule has 1 fully saturated rings. The predicted octanol–water partition coefficient (Wildman–Crippen LogP) is 2.45. The van der Waals surface area contributed by atoms with E-state index in [1.165, 1.54) is 17.5 Å². The SMILES string of the molecule is CN(c1cnc2ccccc2c1)C1CCNC1.Cl. The lowest BCUT2D eigenvalue weighted by atomic mass is 10.1. The highest BCUT2D eigenvalue weighted by atomic mass is 35.5. The number of benzene rings is 1. The molecule has 3 nitrogen and oxygen atoms in total. The highest BCUT2D eigenvalue weighted by Crippen LogP contribution is 2.21. The van der Waals surface area contributed by atoms with Crippen LogP contribution in [0.2, 0.25) is 0 Å². The fourth-order valence-corrected chi connectivity index (χ4v) is 2.43. The Morgan fingerprint density at radius 3 is 2.94 bits per heavy atom. The van der Waals surface area contributed by atoms with Crippen LogP contribution in [0.15, 0.2) is 36.5 Å². The standard InChI is InChI=1S/C14H17N3.ClH/c1-17(12-6-7-15-9-12)13-8-11-4-2-3-5-14(11)16-10-13;/h2-5,8,10,12,15H,6-7,9H2,1H3;1H. The number of halogens is 1. The van der Waals surface area contributed by atoms with Crippen molar-refractivity contribution in [1.29, 1.82) is 0 Å². The maximum Gasteiger partial charge on any atom is 0.0703 e. The Labute approximate surface area is 114 Å². The second-order valence-electron chi connectivity index (χ2n) is 4.64. The van der Waals surface area contributed by atoms with Gasteiger partial charge in [0.1, 0.15) is 0 Å². The van der Waals surface area contributed by atoms with Crippen molar-refractivity contribution in [2.24, 2.45) is 0 Å². The minimum atomic E-state index is 0. The van der Waals surface area contributed by atoms with E-state index < -0.39 is 0 Å². The Hall–Kier alpha value is -1.32. The summed E-state index contributed by atoms with van der Waals surface area (Å²) in [5.74, 6) is 0. The Balaban J connectivity index is 0.00000120. The number of pyridine rings is 1. The van der Waals surface area contributed by atoms with Crippen LogP contribution in [0, 0.1) is 0 Å². The van der Waals surface area contributed by atoms with Crippen LogP contribution in [0.25, 0.3) is 10.9 Å². The lowest BCUT2D eigenvalue weighted by molar-refractivity contribution is 0.685. The molecule has 1 aromatic heterocycles. The van der Waals surface area contributed by atoms with Crippen molar-refractivity contribution in [3.8, 4) is 0 Å². The molecule has 1 unspecified atom stereocenters. The summed E-state index contributed by atoms with van der Waals surface area (Å²) in [5, 5.41) is 4.61. The summed E-state index contributed by atoms with van der Waals surface area (Å²) in [4.78, 5) is 6.84. The first kappa shape index (κ1) is 13.1. The van der Waals surface area contributed by atoms with Crippen LogP contribution in [0.3, 0.4) is 0 Å². The molecule has 1 aromatic carbocycles. The highest BCUT2D eigenvalue weighted by molar-refractivity contribution is 5.85. The summed E-state index contributed by atoms with van der Waals surface area (Å²) < 4.78 is 0. The van der Waals surface area contributed by atoms with E-state index in [0.29, 0.717) is 6.04 Å². The third-order valence-corrected chi connectivity index (χ3v) is 3.57. The van der Waals surface area contributed by atoms with Crippen LogP contribution in [-0.2, 0) is 0 Å². The number of anilines is 1. The molecule has 0 spiro atoms.